The number of hydrogen-bond acceptors (Lipinski definition) is 3. The molecule has 1 aromatic rings. The average molecular weight is 286 g/mol. The maximum Gasteiger partial charge on any atom is 0.179 e. The van der Waals surface area contributed by atoms with E-state index in [1.807, 2.05) is 12.1 Å². The van der Waals surface area contributed by atoms with E-state index < -0.39 is 0 Å². The summed E-state index contributed by atoms with van der Waals surface area (Å²) >= 11 is 6.31. The Morgan fingerprint density at radius 2 is 1.89 bits per heavy atom. The van der Waals surface area contributed by atoms with Crippen molar-refractivity contribution < 1.29 is 9.47 Å². The molecule has 19 heavy (non-hydrogen) atoms. The number of ether oxygens (including phenoxy) is 2. The maximum absolute atomic E-state index is 6.31. The molecular weight excluding hydrogens is 262 g/mol. The minimum Gasteiger partial charge on any atom is -0.493 e. The van der Waals surface area contributed by atoms with Crippen LogP contribution in [-0.4, -0.2) is 20.8 Å². The number of benzene rings is 1. The quantitative estimate of drug-likeness (QED) is 0.695. The summed E-state index contributed by atoms with van der Waals surface area (Å²) in [6.07, 6.45) is 5.06. The van der Waals surface area contributed by atoms with Crippen molar-refractivity contribution in [3.8, 4) is 11.5 Å². The van der Waals surface area contributed by atoms with E-state index in [2.05, 4.69) is 12.2 Å². The van der Waals surface area contributed by atoms with E-state index in [-0.39, 0.29) is 0 Å². The van der Waals surface area contributed by atoms with Crippen molar-refractivity contribution in [3.63, 3.8) is 0 Å². The van der Waals surface area contributed by atoms with E-state index in [1.165, 1.54) is 25.7 Å². The largest absolute Gasteiger partial charge is 0.493 e. The lowest BCUT2D eigenvalue weighted by Gasteiger charge is -2.13. The lowest BCUT2D eigenvalue weighted by atomic mass is 10.2. The smallest absolute Gasteiger partial charge is 0.179 e. The van der Waals surface area contributed by atoms with Crippen LogP contribution in [0.25, 0.3) is 0 Å². The van der Waals surface area contributed by atoms with Gasteiger partial charge in [-0.25, -0.2) is 0 Å². The van der Waals surface area contributed by atoms with E-state index in [4.69, 9.17) is 21.1 Å². The first-order valence-corrected chi connectivity index (χ1v) is 7.22. The summed E-state index contributed by atoms with van der Waals surface area (Å²) in [5, 5.41) is 4.04. The lowest BCUT2D eigenvalue weighted by Crippen LogP contribution is -2.15. The maximum atomic E-state index is 6.31. The molecule has 0 spiro atoms. The van der Waals surface area contributed by atoms with Gasteiger partial charge in [0.15, 0.2) is 11.5 Å². The molecule has 1 rings (SSSR count). The Morgan fingerprint density at radius 1 is 1.11 bits per heavy atom. The summed E-state index contributed by atoms with van der Waals surface area (Å²) in [4.78, 5) is 0. The van der Waals surface area contributed by atoms with Gasteiger partial charge in [-0.1, -0.05) is 43.9 Å². The summed E-state index contributed by atoms with van der Waals surface area (Å²) in [5.41, 5.74) is 1.04. The second-order valence-electron chi connectivity index (χ2n) is 4.51. The molecule has 0 aliphatic rings. The fraction of sp³-hybridized carbons (Fsp3) is 0.600. The molecule has 1 aromatic carbocycles. The first-order chi connectivity index (χ1) is 9.24. The molecular formula is C15H24ClNO2. The fourth-order valence-electron chi connectivity index (χ4n) is 1.97. The van der Waals surface area contributed by atoms with Crippen LogP contribution in [0.15, 0.2) is 12.1 Å². The molecule has 0 unspecified atom stereocenters. The highest BCUT2D eigenvalue weighted by Crippen LogP contribution is 2.37. The predicted octanol–water partition coefficient (Wildman–Crippen LogP) is 4.03. The van der Waals surface area contributed by atoms with Crippen LogP contribution < -0.4 is 14.8 Å². The molecule has 0 heterocycles. The second kappa shape index (κ2) is 9.05. The van der Waals surface area contributed by atoms with Crippen LogP contribution in [0.5, 0.6) is 11.5 Å². The normalized spacial score (nSPS) is 10.5. The topological polar surface area (TPSA) is 30.5 Å². The zero-order valence-electron chi connectivity index (χ0n) is 12.1. The summed E-state index contributed by atoms with van der Waals surface area (Å²) < 4.78 is 10.5. The molecule has 0 aliphatic heterocycles. The van der Waals surface area contributed by atoms with Gasteiger partial charge < -0.3 is 14.8 Å². The van der Waals surface area contributed by atoms with Gasteiger partial charge >= 0.3 is 0 Å². The Hall–Kier alpha value is -0.930. The molecule has 3 nitrogen and oxygen atoms in total. The Kier molecular flexibility index (Phi) is 7.68. The monoisotopic (exact) mass is 285 g/mol. The van der Waals surface area contributed by atoms with Crippen LogP contribution in [-0.2, 0) is 6.54 Å². The van der Waals surface area contributed by atoms with Gasteiger partial charge in [0.1, 0.15) is 0 Å². The minimum atomic E-state index is 0.606. The molecule has 0 radical (unpaired) electrons. The molecule has 108 valence electrons. The molecule has 0 bridgehead atoms. The van der Waals surface area contributed by atoms with Gasteiger partial charge in [-0.15, -0.1) is 0 Å². The Bertz CT molecular complexity index is 383. The van der Waals surface area contributed by atoms with E-state index in [1.54, 1.807) is 14.2 Å². The summed E-state index contributed by atoms with van der Waals surface area (Å²) in [6.45, 7) is 3.99. The van der Waals surface area contributed by atoms with Crippen molar-refractivity contribution in [2.45, 2.75) is 39.2 Å². The first kappa shape index (κ1) is 16.1. The van der Waals surface area contributed by atoms with Gasteiger partial charge in [-0.05, 0) is 24.6 Å². The highest BCUT2D eigenvalue weighted by atomic mass is 35.5. The second-order valence-corrected chi connectivity index (χ2v) is 4.89. The molecule has 0 saturated carbocycles. The fourth-order valence-corrected chi connectivity index (χ4v) is 2.27. The van der Waals surface area contributed by atoms with Crippen molar-refractivity contribution in [1.82, 2.24) is 5.32 Å². The third-order valence-corrected chi connectivity index (χ3v) is 3.50. The van der Waals surface area contributed by atoms with Crippen molar-refractivity contribution in [2.24, 2.45) is 0 Å². The molecule has 1 N–H and O–H groups in total. The van der Waals surface area contributed by atoms with Crippen molar-refractivity contribution in [2.75, 3.05) is 20.8 Å². The summed E-state index contributed by atoms with van der Waals surface area (Å²) in [7, 11) is 3.21. The van der Waals surface area contributed by atoms with Crippen LogP contribution >= 0.6 is 11.6 Å². The Balaban J connectivity index is 2.50. The third kappa shape index (κ3) is 4.92. The van der Waals surface area contributed by atoms with E-state index >= 15 is 0 Å². The van der Waals surface area contributed by atoms with Crippen LogP contribution in [0.4, 0.5) is 0 Å². The number of unbranched alkanes of at least 4 members (excludes halogenated alkanes) is 3. The van der Waals surface area contributed by atoms with Crippen molar-refractivity contribution >= 4 is 11.6 Å². The number of rotatable bonds is 9. The van der Waals surface area contributed by atoms with Crippen LogP contribution in [0, 0.1) is 0 Å². The molecule has 0 amide bonds. The highest BCUT2D eigenvalue weighted by molar-refractivity contribution is 6.33. The molecule has 0 saturated heterocycles. The van der Waals surface area contributed by atoms with Crippen LogP contribution in [0.2, 0.25) is 5.02 Å². The standard InChI is InChI=1S/C15H24ClNO2/c1-4-5-6-7-10-17-11-12-8-9-13(18-2)15(19-3)14(12)16/h8-9,17H,4-7,10-11H2,1-3H3. The van der Waals surface area contributed by atoms with E-state index in [9.17, 15) is 0 Å². The van der Waals surface area contributed by atoms with E-state index in [0.717, 1.165) is 18.7 Å². The van der Waals surface area contributed by atoms with E-state index in [0.29, 0.717) is 16.5 Å². The van der Waals surface area contributed by atoms with Gasteiger partial charge in [0.2, 0.25) is 0 Å². The number of nitrogens with one attached hydrogen (secondary N) is 1. The molecule has 0 atom stereocenters. The number of halogens is 1. The van der Waals surface area contributed by atoms with Crippen LogP contribution in [0.1, 0.15) is 38.2 Å². The SMILES string of the molecule is CCCCCCNCc1ccc(OC)c(OC)c1Cl. The van der Waals surface area contributed by atoms with Gasteiger partial charge in [0.25, 0.3) is 0 Å². The van der Waals surface area contributed by atoms with Crippen molar-refractivity contribution in [1.29, 1.82) is 0 Å². The Labute approximate surface area is 121 Å². The van der Waals surface area contributed by atoms with Crippen molar-refractivity contribution in [3.05, 3.63) is 22.7 Å². The third-order valence-electron chi connectivity index (χ3n) is 3.09. The zero-order chi connectivity index (χ0) is 14.1. The number of methoxy groups -OCH3 is 2. The minimum absolute atomic E-state index is 0.606. The first-order valence-electron chi connectivity index (χ1n) is 6.84. The van der Waals surface area contributed by atoms with Gasteiger partial charge in [0, 0.05) is 6.54 Å². The predicted molar refractivity (Wildman–Crippen MR) is 80.4 cm³/mol. The molecule has 0 fully saturated rings. The molecule has 0 aromatic heterocycles. The number of hydrogen-bond donors (Lipinski definition) is 1. The lowest BCUT2D eigenvalue weighted by molar-refractivity contribution is 0.354. The van der Waals surface area contributed by atoms with Gasteiger partial charge in [-0.2, -0.15) is 0 Å². The summed E-state index contributed by atoms with van der Waals surface area (Å²) in [5.74, 6) is 1.27. The van der Waals surface area contributed by atoms with Crippen LogP contribution in [0.3, 0.4) is 0 Å². The van der Waals surface area contributed by atoms with Gasteiger partial charge in [0.05, 0.1) is 19.2 Å². The molecule has 4 heteroatoms. The van der Waals surface area contributed by atoms with Gasteiger partial charge in [-0.3, -0.25) is 0 Å². The zero-order valence-corrected chi connectivity index (χ0v) is 12.8. The summed E-state index contributed by atoms with van der Waals surface area (Å²) in [6, 6.07) is 3.86. The average Bonchev–Trinajstić information content (AvgIpc) is 2.43. The molecule has 0 aliphatic carbocycles. The Morgan fingerprint density at radius 3 is 2.53 bits per heavy atom. The highest BCUT2D eigenvalue weighted by Gasteiger charge is 2.12.